The predicted molar refractivity (Wildman–Crippen MR) is 68.3 cm³/mol. The molecule has 2 rings (SSSR count). The highest BCUT2D eigenvalue weighted by atomic mass is 15.5. The van der Waals surface area contributed by atoms with Crippen molar-refractivity contribution in [3.8, 4) is 6.07 Å². The molecule has 0 amide bonds. The summed E-state index contributed by atoms with van der Waals surface area (Å²) in [4.78, 5) is 2.28. The lowest BCUT2D eigenvalue weighted by Crippen LogP contribution is -2.47. The average Bonchev–Trinajstić information content (AvgIpc) is 2.35. The fourth-order valence-electron chi connectivity index (χ4n) is 1.81. The first-order chi connectivity index (χ1) is 8.19. The molecule has 1 fully saturated rings. The molecule has 0 radical (unpaired) electrons. The maximum Gasteiger partial charge on any atom is 0.0992 e. The molecule has 1 saturated heterocycles. The van der Waals surface area contributed by atoms with Gasteiger partial charge in [0.25, 0.3) is 0 Å². The second-order valence-electron chi connectivity index (χ2n) is 4.32. The van der Waals surface area contributed by atoms with Gasteiger partial charge in [-0.2, -0.15) is 5.26 Å². The fraction of sp³-hybridized carbons (Fsp3) is 0.417. The zero-order valence-electron chi connectivity index (χ0n) is 9.98. The molecular formula is C12H17N5. The number of likely N-dealkylation sites (N-methyl/N-ethyl adjacent to an activating group) is 1. The van der Waals surface area contributed by atoms with Gasteiger partial charge in [0.05, 0.1) is 23.0 Å². The summed E-state index contributed by atoms with van der Waals surface area (Å²) in [5, 5.41) is 11.0. The molecule has 0 atom stereocenters. The first-order valence-corrected chi connectivity index (χ1v) is 5.69. The zero-order chi connectivity index (χ0) is 12.3. The number of hydrazine groups is 1. The van der Waals surface area contributed by atoms with Gasteiger partial charge in [-0.25, -0.2) is 5.01 Å². The van der Waals surface area contributed by atoms with E-state index in [4.69, 9.17) is 11.0 Å². The summed E-state index contributed by atoms with van der Waals surface area (Å²) in [5.41, 5.74) is 11.3. The molecule has 90 valence electrons. The van der Waals surface area contributed by atoms with Gasteiger partial charge in [-0.3, -0.25) is 0 Å². The Bertz CT molecular complexity index is 429. The van der Waals surface area contributed by atoms with E-state index < -0.39 is 0 Å². The van der Waals surface area contributed by atoms with Gasteiger partial charge in [-0.15, -0.1) is 0 Å². The van der Waals surface area contributed by atoms with E-state index in [-0.39, 0.29) is 0 Å². The van der Waals surface area contributed by atoms with Crippen LogP contribution in [0.3, 0.4) is 0 Å². The molecule has 1 heterocycles. The molecular weight excluding hydrogens is 214 g/mol. The average molecular weight is 231 g/mol. The highest BCUT2D eigenvalue weighted by Crippen LogP contribution is 2.20. The molecule has 5 nitrogen and oxygen atoms in total. The number of nitrogens with zero attached hydrogens (tertiary/aromatic N) is 3. The minimum atomic E-state index is 0.621. The van der Waals surface area contributed by atoms with Gasteiger partial charge in [0.15, 0.2) is 0 Å². The first-order valence-electron chi connectivity index (χ1n) is 5.69. The number of piperazine rings is 1. The molecule has 5 heteroatoms. The van der Waals surface area contributed by atoms with Crippen molar-refractivity contribution in [2.75, 3.05) is 44.4 Å². The number of hydrogen-bond donors (Lipinski definition) is 2. The van der Waals surface area contributed by atoms with Crippen LogP contribution in [0.15, 0.2) is 18.2 Å². The van der Waals surface area contributed by atoms with Gasteiger partial charge in [-0.1, -0.05) is 0 Å². The highest BCUT2D eigenvalue weighted by molar-refractivity contribution is 5.67. The smallest absolute Gasteiger partial charge is 0.0992 e. The third-order valence-electron chi connectivity index (χ3n) is 2.96. The van der Waals surface area contributed by atoms with Crippen LogP contribution in [0.25, 0.3) is 0 Å². The van der Waals surface area contributed by atoms with Crippen molar-refractivity contribution in [1.82, 2.24) is 9.91 Å². The van der Waals surface area contributed by atoms with Gasteiger partial charge < -0.3 is 16.1 Å². The second-order valence-corrected chi connectivity index (χ2v) is 4.32. The first kappa shape index (κ1) is 11.7. The SMILES string of the molecule is CN1CCN(Nc2cc(C#N)ccc2N)CC1. The number of nitrogens with one attached hydrogen (secondary N) is 1. The summed E-state index contributed by atoms with van der Waals surface area (Å²) in [6.07, 6.45) is 0. The summed E-state index contributed by atoms with van der Waals surface area (Å²) >= 11 is 0. The van der Waals surface area contributed by atoms with E-state index in [1.54, 1.807) is 18.2 Å². The lowest BCUT2D eigenvalue weighted by molar-refractivity contribution is 0.179. The van der Waals surface area contributed by atoms with Crippen LogP contribution in [0, 0.1) is 11.3 Å². The summed E-state index contributed by atoms with van der Waals surface area (Å²) in [6.45, 7) is 3.97. The highest BCUT2D eigenvalue weighted by Gasteiger charge is 2.14. The Balaban J connectivity index is 2.05. The van der Waals surface area contributed by atoms with Crippen LogP contribution in [0.2, 0.25) is 0 Å². The number of nitrogen functional groups attached to an aromatic ring is 1. The van der Waals surface area contributed by atoms with Crippen LogP contribution in [-0.4, -0.2) is 43.1 Å². The van der Waals surface area contributed by atoms with Crippen molar-refractivity contribution in [2.24, 2.45) is 0 Å². The van der Waals surface area contributed by atoms with Gasteiger partial charge in [-0.05, 0) is 25.2 Å². The summed E-state index contributed by atoms with van der Waals surface area (Å²) in [6, 6.07) is 7.39. The summed E-state index contributed by atoms with van der Waals surface area (Å²) in [5.74, 6) is 0. The largest absolute Gasteiger partial charge is 0.397 e. The van der Waals surface area contributed by atoms with Crippen LogP contribution in [0.5, 0.6) is 0 Å². The van der Waals surface area contributed by atoms with E-state index in [2.05, 4.69) is 28.5 Å². The minimum Gasteiger partial charge on any atom is -0.397 e. The lowest BCUT2D eigenvalue weighted by atomic mass is 10.2. The number of anilines is 2. The van der Waals surface area contributed by atoms with Crippen molar-refractivity contribution in [3.05, 3.63) is 23.8 Å². The second kappa shape index (κ2) is 5.04. The topological polar surface area (TPSA) is 68.3 Å². The molecule has 0 aliphatic carbocycles. The number of hydrogen-bond acceptors (Lipinski definition) is 5. The van der Waals surface area contributed by atoms with E-state index in [9.17, 15) is 0 Å². The Labute approximate surface area is 101 Å². The molecule has 1 aliphatic heterocycles. The van der Waals surface area contributed by atoms with Crippen LogP contribution in [0.4, 0.5) is 11.4 Å². The Morgan fingerprint density at radius 3 is 2.65 bits per heavy atom. The van der Waals surface area contributed by atoms with Crippen LogP contribution >= 0.6 is 0 Å². The van der Waals surface area contributed by atoms with Crippen molar-refractivity contribution in [3.63, 3.8) is 0 Å². The van der Waals surface area contributed by atoms with E-state index in [0.717, 1.165) is 31.9 Å². The Hall–Kier alpha value is -1.77. The summed E-state index contributed by atoms with van der Waals surface area (Å²) in [7, 11) is 2.11. The number of rotatable bonds is 2. The predicted octanol–water partition coefficient (Wildman–Crippen LogP) is 0.715. The molecule has 0 unspecified atom stereocenters. The third kappa shape index (κ3) is 2.87. The fourth-order valence-corrected chi connectivity index (χ4v) is 1.81. The van der Waals surface area contributed by atoms with Gasteiger partial charge >= 0.3 is 0 Å². The lowest BCUT2D eigenvalue weighted by Gasteiger charge is -2.33. The zero-order valence-corrected chi connectivity index (χ0v) is 9.98. The van der Waals surface area contributed by atoms with Gasteiger partial charge in [0.1, 0.15) is 0 Å². The molecule has 0 spiro atoms. The standard InChI is InChI=1S/C12H17N5/c1-16-4-6-17(7-5-16)15-12-8-10(9-13)2-3-11(12)14/h2-3,8,15H,4-7,14H2,1H3. The van der Waals surface area contributed by atoms with E-state index in [0.29, 0.717) is 11.3 Å². The third-order valence-corrected chi connectivity index (χ3v) is 2.96. The van der Waals surface area contributed by atoms with E-state index in [1.807, 2.05) is 0 Å². The molecule has 1 aromatic rings. The molecule has 0 saturated carbocycles. The van der Waals surface area contributed by atoms with Gasteiger partial charge in [0, 0.05) is 26.2 Å². The van der Waals surface area contributed by atoms with Crippen molar-refractivity contribution >= 4 is 11.4 Å². The van der Waals surface area contributed by atoms with Crippen molar-refractivity contribution in [1.29, 1.82) is 5.26 Å². The molecule has 0 bridgehead atoms. The monoisotopic (exact) mass is 231 g/mol. The van der Waals surface area contributed by atoms with Gasteiger partial charge in [0.2, 0.25) is 0 Å². The van der Waals surface area contributed by atoms with Crippen molar-refractivity contribution in [2.45, 2.75) is 0 Å². The Morgan fingerprint density at radius 1 is 1.29 bits per heavy atom. The maximum atomic E-state index is 8.85. The van der Waals surface area contributed by atoms with Crippen LogP contribution < -0.4 is 11.2 Å². The Morgan fingerprint density at radius 2 is 2.00 bits per heavy atom. The minimum absolute atomic E-state index is 0.621. The van der Waals surface area contributed by atoms with Crippen LogP contribution in [-0.2, 0) is 0 Å². The number of nitriles is 1. The number of nitrogens with two attached hydrogens (primary N) is 1. The molecule has 0 aromatic heterocycles. The quantitative estimate of drug-likeness (QED) is 0.734. The van der Waals surface area contributed by atoms with Crippen LogP contribution in [0.1, 0.15) is 5.56 Å². The molecule has 17 heavy (non-hydrogen) atoms. The Kier molecular flexibility index (Phi) is 3.47. The molecule has 3 N–H and O–H groups in total. The van der Waals surface area contributed by atoms with E-state index in [1.165, 1.54) is 0 Å². The van der Waals surface area contributed by atoms with E-state index >= 15 is 0 Å². The number of benzene rings is 1. The molecule has 1 aromatic carbocycles. The summed E-state index contributed by atoms with van der Waals surface area (Å²) < 4.78 is 0. The maximum absolute atomic E-state index is 8.85. The molecule has 1 aliphatic rings. The normalized spacial score (nSPS) is 17.6. The van der Waals surface area contributed by atoms with Crippen molar-refractivity contribution < 1.29 is 0 Å².